The molecule has 1 aliphatic heterocycles. The summed E-state index contributed by atoms with van der Waals surface area (Å²) >= 11 is 0. The molecule has 2 atom stereocenters. The van der Waals surface area contributed by atoms with Crippen molar-refractivity contribution >= 4 is 11.9 Å². The molecule has 0 aromatic carbocycles. The number of carboxylic acid groups (broad SMARTS) is 1. The van der Waals surface area contributed by atoms with Crippen molar-refractivity contribution in [3.05, 3.63) is 0 Å². The molecule has 1 N–H and O–H groups in total. The van der Waals surface area contributed by atoms with Gasteiger partial charge < -0.3 is 14.7 Å². The van der Waals surface area contributed by atoms with Crippen LogP contribution in [-0.2, 0) is 14.3 Å². The molecule has 5 nitrogen and oxygen atoms in total. The van der Waals surface area contributed by atoms with E-state index >= 15 is 0 Å². The highest BCUT2D eigenvalue weighted by atomic mass is 16.5. The highest BCUT2D eigenvalue weighted by Crippen LogP contribution is 2.44. The zero-order valence-electron chi connectivity index (χ0n) is 11.9. The first-order valence-corrected chi connectivity index (χ1v) is 6.88. The fourth-order valence-corrected chi connectivity index (χ4v) is 3.11. The Morgan fingerprint density at radius 1 is 1.32 bits per heavy atom. The Kier molecular flexibility index (Phi) is 3.85. The van der Waals surface area contributed by atoms with Crippen molar-refractivity contribution in [3.8, 4) is 0 Å². The average Bonchev–Trinajstić information content (AvgIpc) is 3.07. The van der Waals surface area contributed by atoms with E-state index in [0.29, 0.717) is 25.6 Å². The molecule has 1 saturated heterocycles. The number of amides is 1. The van der Waals surface area contributed by atoms with Crippen LogP contribution in [-0.4, -0.2) is 48.7 Å². The van der Waals surface area contributed by atoms with E-state index in [9.17, 15) is 14.7 Å². The second kappa shape index (κ2) is 5.12. The van der Waals surface area contributed by atoms with Gasteiger partial charge in [-0.05, 0) is 38.5 Å². The van der Waals surface area contributed by atoms with Crippen molar-refractivity contribution < 1.29 is 19.4 Å². The summed E-state index contributed by atoms with van der Waals surface area (Å²) in [5.74, 6) is -0.514. The number of aliphatic carboxylic acids is 1. The molecule has 1 saturated carbocycles. The third-order valence-electron chi connectivity index (χ3n) is 4.28. The summed E-state index contributed by atoms with van der Waals surface area (Å²) in [6, 6.07) is 0. The van der Waals surface area contributed by atoms with E-state index in [1.807, 2.05) is 13.8 Å². The fraction of sp³-hybridized carbons (Fsp3) is 0.857. The number of ether oxygens (including phenoxy) is 1. The zero-order chi connectivity index (χ0) is 14.2. The maximum Gasteiger partial charge on any atom is 0.308 e. The van der Waals surface area contributed by atoms with Gasteiger partial charge in [0.25, 0.3) is 0 Å². The number of hydrogen-bond donors (Lipinski definition) is 1. The van der Waals surface area contributed by atoms with Crippen LogP contribution in [0.5, 0.6) is 0 Å². The van der Waals surface area contributed by atoms with Crippen molar-refractivity contribution in [2.45, 2.75) is 26.7 Å². The summed E-state index contributed by atoms with van der Waals surface area (Å²) in [5.41, 5.74) is -0.587. The lowest BCUT2D eigenvalue weighted by atomic mass is 9.92. The van der Waals surface area contributed by atoms with E-state index in [4.69, 9.17) is 4.74 Å². The lowest BCUT2D eigenvalue weighted by Gasteiger charge is -2.28. The van der Waals surface area contributed by atoms with Gasteiger partial charge in [-0.1, -0.05) is 0 Å². The Morgan fingerprint density at radius 2 is 1.95 bits per heavy atom. The van der Waals surface area contributed by atoms with Crippen molar-refractivity contribution in [3.63, 3.8) is 0 Å². The molecule has 1 aliphatic carbocycles. The van der Waals surface area contributed by atoms with Crippen LogP contribution in [0.1, 0.15) is 26.7 Å². The summed E-state index contributed by atoms with van der Waals surface area (Å²) in [6.07, 6.45) is 2.22. The third-order valence-corrected chi connectivity index (χ3v) is 4.28. The minimum atomic E-state index is -0.767. The number of rotatable bonds is 5. The number of hydrogen-bond acceptors (Lipinski definition) is 3. The maximum absolute atomic E-state index is 12.5. The van der Waals surface area contributed by atoms with Gasteiger partial charge in [-0.25, -0.2) is 0 Å². The van der Waals surface area contributed by atoms with Crippen LogP contribution < -0.4 is 0 Å². The molecule has 0 radical (unpaired) electrons. The number of likely N-dealkylation sites (tertiary alicyclic amines) is 1. The maximum atomic E-state index is 12.5. The van der Waals surface area contributed by atoms with Crippen molar-refractivity contribution in [1.29, 1.82) is 0 Å². The van der Waals surface area contributed by atoms with E-state index in [0.717, 1.165) is 12.8 Å². The first-order valence-electron chi connectivity index (χ1n) is 6.88. The second-order valence-corrected chi connectivity index (χ2v) is 6.47. The molecule has 0 bridgehead atoms. The molecule has 5 heteroatoms. The minimum Gasteiger partial charge on any atom is -0.481 e. The van der Waals surface area contributed by atoms with Crippen molar-refractivity contribution in [1.82, 2.24) is 4.90 Å². The first kappa shape index (κ1) is 14.3. The molecule has 2 aliphatic rings. The van der Waals surface area contributed by atoms with Gasteiger partial charge in [0.05, 0.1) is 17.9 Å². The van der Waals surface area contributed by atoms with Crippen LogP contribution in [0.3, 0.4) is 0 Å². The number of carbonyl (C=O) groups excluding carboxylic acids is 1. The molecule has 2 fully saturated rings. The predicted molar refractivity (Wildman–Crippen MR) is 69.6 cm³/mol. The second-order valence-electron chi connectivity index (χ2n) is 6.47. The Balaban J connectivity index is 2.06. The van der Waals surface area contributed by atoms with Gasteiger partial charge in [0.2, 0.25) is 5.91 Å². The molecular formula is C14H23NO4. The molecule has 108 valence electrons. The topological polar surface area (TPSA) is 66.8 Å². The van der Waals surface area contributed by atoms with Crippen LogP contribution in [0.15, 0.2) is 0 Å². The Bertz CT molecular complexity index is 376. The Morgan fingerprint density at radius 3 is 2.42 bits per heavy atom. The number of carbonyl (C=O) groups is 2. The highest BCUT2D eigenvalue weighted by Gasteiger charge is 2.48. The van der Waals surface area contributed by atoms with E-state index < -0.39 is 17.3 Å². The predicted octanol–water partition coefficient (Wildman–Crippen LogP) is 1.23. The van der Waals surface area contributed by atoms with Crippen LogP contribution in [0.2, 0.25) is 0 Å². The molecular weight excluding hydrogens is 246 g/mol. The Hall–Kier alpha value is -1.10. The molecule has 19 heavy (non-hydrogen) atoms. The monoisotopic (exact) mass is 269 g/mol. The quantitative estimate of drug-likeness (QED) is 0.815. The lowest BCUT2D eigenvalue weighted by Crippen LogP contribution is -2.42. The van der Waals surface area contributed by atoms with Crippen LogP contribution in [0.4, 0.5) is 0 Å². The van der Waals surface area contributed by atoms with Crippen molar-refractivity contribution in [2.75, 3.05) is 26.8 Å². The average molecular weight is 269 g/mol. The third kappa shape index (κ3) is 2.91. The van der Waals surface area contributed by atoms with E-state index in [2.05, 4.69) is 0 Å². The lowest BCUT2D eigenvalue weighted by molar-refractivity contribution is -0.144. The van der Waals surface area contributed by atoms with Gasteiger partial charge in [0.1, 0.15) is 0 Å². The molecule has 0 aromatic rings. The summed E-state index contributed by atoms with van der Waals surface area (Å²) in [5, 5.41) is 9.30. The van der Waals surface area contributed by atoms with Gasteiger partial charge in [0.15, 0.2) is 0 Å². The Labute approximate surface area is 113 Å². The molecule has 0 aromatic heterocycles. The number of carboxylic acids is 1. The van der Waals surface area contributed by atoms with Crippen molar-refractivity contribution in [2.24, 2.45) is 23.2 Å². The van der Waals surface area contributed by atoms with E-state index in [-0.39, 0.29) is 11.8 Å². The smallest absolute Gasteiger partial charge is 0.308 e. The normalized spacial score (nSPS) is 27.6. The van der Waals surface area contributed by atoms with Crippen LogP contribution >= 0.6 is 0 Å². The van der Waals surface area contributed by atoms with Gasteiger partial charge >= 0.3 is 5.97 Å². The number of nitrogens with zero attached hydrogens (tertiary/aromatic N) is 1. The van der Waals surface area contributed by atoms with Gasteiger partial charge in [0, 0.05) is 20.2 Å². The highest BCUT2D eigenvalue weighted by molar-refractivity contribution is 5.83. The van der Waals surface area contributed by atoms with Gasteiger partial charge in [-0.3, -0.25) is 9.59 Å². The molecule has 0 unspecified atom stereocenters. The zero-order valence-corrected chi connectivity index (χ0v) is 11.9. The molecule has 2 rings (SSSR count). The van der Waals surface area contributed by atoms with Crippen LogP contribution in [0.25, 0.3) is 0 Å². The van der Waals surface area contributed by atoms with Gasteiger partial charge in [-0.2, -0.15) is 0 Å². The standard InChI is InChI=1S/C14H23NO4/c1-14(2,8-19-3)13(18)15-6-10(9-4-5-9)11(7-15)12(16)17/h9-11H,4-8H2,1-3H3,(H,16,17)/t10-,11+/m1/s1. The molecule has 1 heterocycles. The summed E-state index contributed by atoms with van der Waals surface area (Å²) in [7, 11) is 1.58. The van der Waals surface area contributed by atoms with E-state index in [1.54, 1.807) is 12.0 Å². The molecule has 0 spiro atoms. The van der Waals surface area contributed by atoms with Gasteiger partial charge in [-0.15, -0.1) is 0 Å². The molecule has 1 amide bonds. The largest absolute Gasteiger partial charge is 0.481 e. The fourth-order valence-electron chi connectivity index (χ4n) is 3.11. The SMILES string of the molecule is COCC(C)(C)C(=O)N1C[C@H](C(=O)O)[C@@H](C2CC2)C1. The van der Waals surface area contributed by atoms with Crippen LogP contribution in [0, 0.1) is 23.2 Å². The summed E-state index contributed by atoms with van der Waals surface area (Å²) in [6.45, 7) is 4.99. The minimum absolute atomic E-state index is 0.00347. The summed E-state index contributed by atoms with van der Waals surface area (Å²) in [4.78, 5) is 25.5. The number of methoxy groups -OCH3 is 1. The first-order chi connectivity index (χ1) is 8.86. The van der Waals surface area contributed by atoms with E-state index in [1.165, 1.54) is 0 Å². The summed E-state index contributed by atoms with van der Waals surface area (Å²) < 4.78 is 5.08.